The van der Waals surface area contributed by atoms with Gasteiger partial charge in [-0.3, -0.25) is 0 Å². The molecule has 45 heavy (non-hydrogen) atoms. The number of benzene rings is 4. The largest absolute Gasteiger partial charge is 0.467 e. The van der Waals surface area contributed by atoms with Gasteiger partial charge in [-0.2, -0.15) is 0 Å². The third-order valence-corrected chi connectivity index (χ3v) is 9.01. The van der Waals surface area contributed by atoms with Crippen LogP contribution < -0.4 is 4.74 Å². The van der Waals surface area contributed by atoms with Crippen molar-refractivity contribution in [2.75, 3.05) is 6.61 Å². The Bertz CT molecular complexity index is 1530. The van der Waals surface area contributed by atoms with Gasteiger partial charge in [-0.1, -0.05) is 109 Å². The van der Waals surface area contributed by atoms with Crippen LogP contribution in [0.15, 0.2) is 132 Å². The molecule has 0 aromatic heterocycles. The standard InChI is InChI=1S/C37H36O7S/c1-26-34(36(38)43-30-20-12-5-13-21-30)45-35-33(41-24-29-18-10-4-11-19-29)32(40-23-28-16-8-3-9-17-28)31(44-37(35)42-26)25-39-22-27-14-6-2-7-15-27/h2-21,31-33,35,37H,22-25H2,1H3/t31-,32-,33+,35-,37+/m1/s1. The minimum Gasteiger partial charge on any atom is -0.467 e. The van der Waals surface area contributed by atoms with Crippen LogP contribution in [0.2, 0.25) is 0 Å². The van der Waals surface area contributed by atoms with Crippen LogP contribution in [-0.2, 0) is 48.3 Å². The molecule has 2 heterocycles. The molecule has 0 bridgehead atoms. The number of ether oxygens (including phenoxy) is 6. The fourth-order valence-corrected chi connectivity index (χ4v) is 6.53. The lowest BCUT2D eigenvalue weighted by molar-refractivity contribution is -0.266. The average molecular weight is 625 g/mol. The summed E-state index contributed by atoms with van der Waals surface area (Å²) in [6.07, 6.45) is -2.21. The first kappa shape index (κ1) is 31.1. The van der Waals surface area contributed by atoms with E-state index in [1.54, 1.807) is 19.1 Å². The van der Waals surface area contributed by atoms with E-state index in [2.05, 4.69) is 0 Å². The highest BCUT2D eigenvalue weighted by Crippen LogP contribution is 2.44. The van der Waals surface area contributed by atoms with Gasteiger partial charge in [-0.15, -0.1) is 11.8 Å². The van der Waals surface area contributed by atoms with Crippen LogP contribution in [0, 0.1) is 0 Å². The molecule has 2 aliphatic rings. The quantitative estimate of drug-likeness (QED) is 0.123. The van der Waals surface area contributed by atoms with E-state index < -0.39 is 35.8 Å². The Morgan fingerprint density at radius 3 is 1.78 bits per heavy atom. The van der Waals surface area contributed by atoms with Crippen LogP contribution in [0.5, 0.6) is 5.75 Å². The topological polar surface area (TPSA) is 72.5 Å². The monoisotopic (exact) mass is 624 g/mol. The second-order valence-electron chi connectivity index (χ2n) is 10.9. The number of allylic oxidation sites excluding steroid dienone is 1. The van der Waals surface area contributed by atoms with Gasteiger partial charge in [0.25, 0.3) is 0 Å². The number of fused-ring (bicyclic) bond motifs is 1. The number of rotatable bonds is 12. The summed E-state index contributed by atoms with van der Waals surface area (Å²) in [4.78, 5) is 13.7. The number of para-hydroxylation sites is 1. The number of hydrogen-bond donors (Lipinski definition) is 0. The number of thioether (sulfide) groups is 1. The molecule has 4 aromatic rings. The van der Waals surface area contributed by atoms with Crippen molar-refractivity contribution in [2.24, 2.45) is 0 Å². The zero-order chi connectivity index (χ0) is 30.8. The minimum atomic E-state index is -0.689. The summed E-state index contributed by atoms with van der Waals surface area (Å²) in [5.41, 5.74) is 3.12. The molecular weight excluding hydrogens is 588 g/mol. The summed E-state index contributed by atoms with van der Waals surface area (Å²) in [6.45, 7) is 3.16. The van der Waals surface area contributed by atoms with Crippen molar-refractivity contribution in [3.8, 4) is 5.75 Å². The van der Waals surface area contributed by atoms with Crippen molar-refractivity contribution in [3.63, 3.8) is 0 Å². The molecule has 6 rings (SSSR count). The Hall–Kier alpha value is -3.92. The van der Waals surface area contributed by atoms with E-state index in [-0.39, 0.29) is 6.61 Å². The molecule has 8 heteroatoms. The molecule has 0 spiro atoms. The van der Waals surface area contributed by atoms with Gasteiger partial charge in [0.05, 0.1) is 26.4 Å². The molecule has 1 saturated heterocycles. The van der Waals surface area contributed by atoms with Crippen LogP contribution in [-0.4, -0.2) is 42.4 Å². The minimum absolute atomic E-state index is 0.266. The first-order valence-corrected chi connectivity index (χ1v) is 15.9. The summed E-state index contributed by atoms with van der Waals surface area (Å²) < 4.78 is 38.0. The summed E-state index contributed by atoms with van der Waals surface area (Å²) in [6, 6.07) is 39.0. The number of esters is 1. The average Bonchev–Trinajstić information content (AvgIpc) is 3.08. The Kier molecular flexibility index (Phi) is 10.6. The van der Waals surface area contributed by atoms with Gasteiger partial charge in [0.15, 0.2) is 0 Å². The molecule has 5 atom stereocenters. The molecule has 0 unspecified atom stereocenters. The molecule has 0 radical (unpaired) electrons. The Morgan fingerprint density at radius 1 is 0.689 bits per heavy atom. The van der Waals surface area contributed by atoms with E-state index in [4.69, 9.17) is 28.4 Å². The van der Waals surface area contributed by atoms with E-state index in [0.29, 0.717) is 36.2 Å². The van der Waals surface area contributed by atoms with Crippen LogP contribution in [0.25, 0.3) is 0 Å². The lowest BCUT2D eigenvalue weighted by Gasteiger charge is -2.47. The molecule has 0 N–H and O–H groups in total. The predicted octanol–water partition coefficient (Wildman–Crippen LogP) is 7.07. The van der Waals surface area contributed by atoms with E-state index in [9.17, 15) is 4.79 Å². The summed E-state index contributed by atoms with van der Waals surface area (Å²) in [5.74, 6) is 0.414. The molecule has 0 aliphatic carbocycles. The van der Waals surface area contributed by atoms with E-state index >= 15 is 0 Å². The van der Waals surface area contributed by atoms with Crippen LogP contribution in [0.1, 0.15) is 23.6 Å². The van der Waals surface area contributed by atoms with Crippen LogP contribution in [0.4, 0.5) is 0 Å². The lowest BCUT2D eigenvalue weighted by atomic mass is 10.00. The highest BCUT2D eigenvalue weighted by molar-refractivity contribution is 8.04. The second-order valence-corrected chi connectivity index (χ2v) is 12.0. The maximum atomic E-state index is 13.4. The van der Waals surface area contributed by atoms with Gasteiger partial charge < -0.3 is 28.4 Å². The first-order valence-electron chi connectivity index (χ1n) is 15.0. The van der Waals surface area contributed by atoms with Gasteiger partial charge in [0, 0.05) is 0 Å². The fraction of sp³-hybridized carbons (Fsp3) is 0.270. The zero-order valence-electron chi connectivity index (χ0n) is 25.0. The maximum absolute atomic E-state index is 13.4. The fourth-order valence-electron chi connectivity index (χ4n) is 5.31. The van der Waals surface area contributed by atoms with Crippen molar-refractivity contribution in [2.45, 2.75) is 56.6 Å². The Morgan fingerprint density at radius 2 is 1.20 bits per heavy atom. The molecule has 0 saturated carbocycles. The number of carbonyl (C=O) groups excluding carboxylic acids is 1. The van der Waals surface area contributed by atoms with Crippen molar-refractivity contribution >= 4 is 17.7 Å². The van der Waals surface area contributed by atoms with Gasteiger partial charge in [0.2, 0.25) is 6.29 Å². The van der Waals surface area contributed by atoms with E-state index in [1.807, 2.05) is 109 Å². The van der Waals surface area contributed by atoms with Crippen molar-refractivity contribution < 1.29 is 33.2 Å². The van der Waals surface area contributed by atoms with E-state index in [1.165, 1.54) is 11.8 Å². The van der Waals surface area contributed by atoms with Crippen molar-refractivity contribution in [1.82, 2.24) is 0 Å². The smallest absolute Gasteiger partial charge is 0.353 e. The van der Waals surface area contributed by atoms with Crippen LogP contribution in [0.3, 0.4) is 0 Å². The third kappa shape index (κ3) is 8.22. The summed E-state index contributed by atoms with van der Waals surface area (Å²) in [7, 11) is 0. The molecule has 1 fully saturated rings. The van der Waals surface area contributed by atoms with Crippen LogP contribution >= 0.6 is 11.8 Å². The molecule has 0 amide bonds. The molecule has 232 valence electrons. The third-order valence-electron chi connectivity index (χ3n) is 7.56. The van der Waals surface area contributed by atoms with Crippen molar-refractivity contribution in [1.29, 1.82) is 0 Å². The maximum Gasteiger partial charge on any atom is 0.353 e. The number of carbonyl (C=O) groups is 1. The highest BCUT2D eigenvalue weighted by Gasteiger charge is 2.52. The number of hydrogen-bond acceptors (Lipinski definition) is 8. The molecule has 2 aliphatic heterocycles. The predicted molar refractivity (Wildman–Crippen MR) is 172 cm³/mol. The summed E-state index contributed by atoms with van der Waals surface area (Å²) >= 11 is 1.35. The molecule has 7 nitrogen and oxygen atoms in total. The highest BCUT2D eigenvalue weighted by atomic mass is 32.2. The second kappa shape index (κ2) is 15.4. The zero-order valence-corrected chi connectivity index (χ0v) is 25.8. The normalized spacial score (nSPS) is 22.7. The van der Waals surface area contributed by atoms with Gasteiger partial charge in [-0.05, 0) is 35.7 Å². The van der Waals surface area contributed by atoms with Gasteiger partial charge in [0.1, 0.15) is 40.0 Å². The Labute approximate surface area is 268 Å². The van der Waals surface area contributed by atoms with Crippen molar-refractivity contribution in [3.05, 3.63) is 149 Å². The molecule has 4 aromatic carbocycles. The van der Waals surface area contributed by atoms with E-state index in [0.717, 1.165) is 16.7 Å². The van der Waals surface area contributed by atoms with Gasteiger partial charge >= 0.3 is 5.97 Å². The first-order chi connectivity index (χ1) is 22.1. The lowest BCUT2D eigenvalue weighted by Crippen LogP contribution is -2.60. The molecular formula is C37H36O7S. The Balaban J connectivity index is 1.27. The van der Waals surface area contributed by atoms with Gasteiger partial charge in [-0.25, -0.2) is 4.79 Å². The SMILES string of the molecule is CC1=C(C(=O)Oc2ccccc2)S[C@H]2[C@@H](O1)O[C@H](COCc1ccccc1)[C@@H](OCc1ccccc1)[C@@H]2OCc1ccccc1. The summed E-state index contributed by atoms with van der Waals surface area (Å²) in [5, 5.41) is -0.415.